The molecule has 1 amide bonds. The molecule has 1 unspecified atom stereocenters. The molecule has 3 rings (SSSR count). The Bertz CT molecular complexity index is 986. The van der Waals surface area contributed by atoms with Gasteiger partial charge in [-0.25, -0.2) is 0 Å². The van der Waals surface area contributed by atoms with Crippen LogP contribution < -0.4 is 5.32 Å². The molecule has 0 aliphatic heterocycles. The first kappa shape index (κ1) is 19.5. The van der Waals surface area contributed by atoms with E-state index in [2.05, 4.69) is 60.6 Å². The molecule has 0 saturated heterocycles. The van der Waals surface area contributed by atoms with E-state index < -0.39 is 6.04 Å². The van der Waals surface area contributed by atoms with Gasteiger partial charge in [-0.15, -0.1) is 11.3 Å². The van der Waals surface area contributed by atoms with E-state index in [0.29, 0.717) is 17.1 Å². The highest BCUT2D eigenvalue weighted by Gasteiger charge is 2.25. The molecule has 1 atom stereocenters. The Morgan fingerprint density at radius 1 is 1.37 bits per heavy atom. The fourth-order valence-electron chi connectivity index (χ4n) is 2.98. The van der Waals surface area contributed by atoms with Crippen LogP contribution in [0.3, 0.4) is 0 Å². The van der Waals surface area contributed by atoms with Gasteiger partial charge in [0.25, 0.3) is 0 Å². The van der Waals surface area contributed by atoms with Crippen molar-refractivity contribution in [1.82, 2.24) is 20.1 Å². The first-order valence-electron chi connectivity index (χ1n) is 8.85. The average Bonchev–Trinajstić information content (AvgIpc) is 3.28. The highest BCUT2D eigenvalue weighted by molar-refractivity contribution is 7.71. The largest absolute Gasteiger partial charge is 0.353 e. The summed E-state index contributed by atoms with van der Waals surface area (Å²) in [6.45, 7) is 8.73. The van der Waals surface area contributed by atoms with Gasteiger partial charge in [0.05, 0.1) is 4.88 Å². The summed E-state index contributed by atoms with van der Waals surface area (Å²) in [4.78, 5) is 13.8. The number of carbonyl (C=O) groups excluding carboxylic acids is 1. The van der Waals surface area contributed by atoms with Crippen molar-refractivity contribution in [2.24, 2.45) is 0 Å². The van der Waals surface area contributed by atoms with Crippen LogP contribution in [0.1, 0.15) is 37.9 Å². The molecule has 27 heavy (non-hydrogen) atoms. The highest BCUT2D eigenvalue weighted by Crippen LogP contribution is 2.26. The summed E-state index contributed by atoms with van der Waals surface area (Å²) in [6, 6.07) is 11.9. The van der Waals surface area contributed by atoms with E-state index in [-0.39, 0.29) is 11.3 Å². The SMILES string of the molecule is Cc1cccc(C(C)(C)CNC(=O)C(C)n2c(-c3cccs3)n[nH]c2=S)c1. The van der Waals surface area contributed by atoms with Crippen molar-refractivity contribution in [3.8, 4) is 10.7 Å². The Kier molecular flexibility index (Phi) is 5.62. The third kappa shape index (κ3) is 4.20. The number of nitrogens with zero attached hydrogens (tertiary/aromatic N) is 2. The van der Waals surface area contributed by atoms with Crippen LogP contribution in [0.25, 0.3) is 10.7 Å². The molecule has 0 aliphatic rings. The third-order valence-electron chi connectivity index (χ3n) is 4.72. The quantitative estimate of drug-likeness (QED) is 0.593. The predicted octanol–water partition coefficient (Wildman–Crippen LogP) is 4.63. The molecule has 2 aromatic heterocycles. The van der Waals surface area contributed by atoms with Crippen LogP contribution in [0, 0.1) is 11.7 Å². The van der Waals surface area contributed by atoms with Gasteiger partial charge in [0.2, 0.25) is 5.91 Å². The Morgan fingerprint density at radius 2 is 2.15 bits per heavy atom. The minimum absolute atomic E-state index is 0.0777. The summed E-state index contributed by atoms with van der Waals surface area (Å²) in [5, 5.41) is 12.2. The highest BCUT2D eigenvalue weighted by atomic mass is 32.1. The zero-order valence-electron chi connectivity index (χ0n) is 15.9. The van der Waals surface area contributed by atoms with E-state index in [9.17, 15) is 4.79 Å². The molecule has 0 saturated carbocycles. The maximum absolute atomic E-state index is 12.8. The van der Waals surface area contributed by atoms with Gasteiger partial charge in [-0.3, -0.25) is 14.5 Å². The van der Waals surface area contributed by atoms with Gasteiger partial charge in [-0.1, -0.05) is 49.7 Å². The molecule has 0 bridgehead atoms. The first-order chi connectivity index (χ1) is 12.8. The Morgan fingerprint density at radius 3 is 2.81 bits per heavy atom. The monoisotopic (exact) mass is 400 g/mol. The van der Waals surface area contributed by atoms with E-state index in [0.717, 1.165) is 4.88 Å². The number of aryl methyl sites for hydroxylation is 1. The molecule has 7 heteroatoms. The number of thiophene rings is 1. The summed E-state index contributed by atoms with van der Waals surface area (Å²) in [5.74, 6) is 0.613. The van der Waals surface area contributed by atoms with Crippen LogP contribution in [0.15, 0.2) is 41.8 Å². The summed E-state index contributed by atoms with van der Waals surface area (Å²) in [7, 11) is 0. The number of benzene rings is 1. The molecule has 3 aromatic rings. The lowest BCUT2D eigenvalue weighted by Crippen LogP contribution is -2.39. The lowest BCUT2D eigenvalue weighted by Gasteiger charge is -2.27. The number of H-pyrrole nitrogens is 1. The van der Waals surface area contributed by atoms with Crippen molar-refractivity contribution in [2.45, 2.75) is 39.2 Å². The van der Waals surface area contributed by atoms with Gasteiger partial charge in [-0.05, 0) is 43.1 Å². The predicted molar refractivity (Wildman–Crippen MR) is 113 cm³/mol. The minimum Gasteiger partial charge on any atom is -0.353 e. The maximum Gasteiger partial charge on any atom is 0.242 e. The van der Waals surface area contributed by atoms with E-state index >= 15 is 0 Å². The lowest BCUT2D eigenvalue weighted by atomic mass is 9.84. The molecule has 142 valence electrons. The molecule has 0 fully saturated rings. The molecule has 2 heterocycles. The van der Waals surface area contributed by atoms with E-state index in [1.165, 1.54) is 11.1 Å². The number of aromatic nitrogens is 3. The molecular formula is C20H24N4OS2. The topological polar surface area (TPSA) is 62.7 Å². The van der Waals surface area contributed by atoms with Gasteiger partial charge in [-0.2, -0.15) is 5.10 Å². The third-order valence-corrected chi connectivity index (χ3v) is 5.87. The van der Waals surface area contributed by atoms with E-state index in [1.54, 1.807) is 15.9 Å². The molecular weight excluding hydrogens is 376 g/mol. The van der Waals surface area contributed by atoms with Crippen molar-refractivity contribution < 1.29 is 4.79 Å². The van der Waals surface area contributed by atoms with E-state index in [4.69, 9.17) is 12.2 Å². The van der Waals surface area contributed by atoms with Crippen molar-refractivity contribution >= 4 is 29.5 Å². The number of rotatable bonds is 6. The molecule has 1 aromatic carbocycles. The molecule has 5 nitrogen and oxygen atoms in total. The molecule has 2 N–H and O–H groups in total. The van der Waals surface area contributed by atoms with Crippen molar-refractivity contribution in [1.29, 1.82) is 0 Å². The van der Waals surface area contributed by atoms with Crippen molar-refractivity contribution in [3.63, 3.8) is 0 Å². The second-order valence-electron chi connectivity index (χ2n) is 7.35. The van der Waals surface area contributed by atoms with Gasteiger partial charge in [0, 0.05) is 12.0 Å². The standard InChI is InChI=1S/C20H24N4OS2/c1-13-7-5-8-15(11-13)20(3,4)12-21-18(25)14(2)24-17(22-23-19(24)26)16-9-6-10-27-16/h5-11,14H,12H2,1-4H3,(H,21,25)(H,23,26). The molecule has 0 aliphatic carbocycles. The van der Waals surface area contributed by atoms with Gasteiger partial charge >= 0.3 is 0 Å². The number of hydrogen-bond acceptors (Lipinski definition) is 4. The fourth-order valence-corrected chi connectivity index (χ4v) is 3.99. The normalized spacial score (nSPS) is 12.7. The Labute approximate surface area is 168 Å². The Balaban J connectivity index is 1.76. The van der Waals surface area contributed by atoms with Crippen LogP contribution in [0.2, 0.25) is 0 Å². The zero-order valence-corrected chi connectivity index (χ0v) is 17.6. The number of amides is 1. The first-order valence-corrected chi connectivity index (χ1v) is 10.1. The van der Waals surface area contributed by atoms with Crippen LogP contribution in [-0.2, 0) is 10.2 Å². The number of aromatic amines is 1. The second kappa shape index (κ2) is 7.78. The van der Waals surface area contributed by atoms with Gasteiger partial charge < -0.3 is 5.32 Å². The number of carbonyl (C=O) groups is 1. The van der Waals surface area contributed by atoms with Crippen molar-refractivity contribution in [3.05, 3.63) is 57.7 Å². The van der Waals surface area contributed by atoms with Crippen LogP contribution in [0.4, 0.5) is 0 Å². The summed E-state index contributed by atoms with van der Waals surface area (Å²) >= 11 is 6.93. The number of hydrogen-bond donors (Lipinski definition) is 2. The van der Waals surface area contributed by atoms with Gasteiger partial charge in [0.15, 0.2) is 10.6 Å². The Hall–Kier alpha value is -2.25. The number of nitrogens with one attached hydrogen (secondary N) is 2. The van der Waals surface area contributed by atoms with Gasteiger partial charge in [0.1, 0.15) is 6.04 Å². The van der Waals surface area contributed by atoms with Crippen molar-refractivity contribution in [2.75, 3.05) is 6.54 Å². The average molecular weight is 401 g/mol. The fraction of sp³-hybridized carbons (Fsp3) is 0.350. The van der Waals surface area contributed by atoms with Crippen LogP contribution in [-0.4, -0.2) is 27.2 Å². The van der Waals surface area contributed by atoms with Crippen LogP contribution in [0.5, 0.6) is 0 Å². The summed E-state index contributed by atoms with van der Waals surface area (Å²) in [5.41, 5.74) is 2.25. The molecule has 0 spiro atoms. The summed E-state index contributed by atoms with van der Waals surface area (Å²) < 4.78 is 2.22. The maximum atomic E-state index is 12.8. The summed E-state index contributed by atoms with van der Waals surface area (Å²) in [6.07, 6.45) is 0. The lowest BCUT2D eigenvalue weighted by molar-refractivity contribution is -0.124. The van der Waals surface area contributed by atoms with Crippen LogP contribution >= 0.6 is 23.6 Å². The smallest absolute Gasteiger partial charge is 0.242 e. The minimum atomic E-state index is -0.457. The second-order valence-corrected chi connectivity index (χ2v) is 8.68. The van der Waals surface area contributed by atoms with E-state index in [1.807, 2.05) is 24.4 Å². The molecule has 0 radical (unpaired) electrons. The zero-order chi connectivity index (χ0) is 19.6.